The Kier molecular flexibility index (Phi) is 6.83. The zero-order valence-electron chi connectivity index (χ0n) is 22.8. The fourth-order valence-electron chi connectivity index (χ4n) is 7.37. The molecule has 1 amide bonds. The predicted octanol–water partition coefficient (Wildman–Crippen LogP) is 2.76. The lowest BCUT2D eigenvalue weighted by molar-refractivity contribution is -0.134. The number of likely N-dealkylation sites (tertiary alicyclic amines) is 1. The van der Waals surface area contributed by atoms with E-state index in [4.69, 9.17) is 17.3 Å². The number of fused-ring (bicyclic) bond motifs is 3. The molecular weight excluding hydrogens is 540 g/mol. The van der Waals surface area contributed by atoms with E-state index in [-0.39, 0.29) is 29.7 Å². The summed E-state index contributed by atoms with van der Waals surface area (Å²) in [6, 6.07) is 0.978. The lowest BCUT2D eigenvalue weighted by atomic mass is 9.56. The second kappa shape index (κ2) is 9.67. The number of aromatic hydroxyl groups is 1. The number of aliphatic hydroxyl groups is 2. The summed E-state index contributed by atoms with van der Waals surface area (Å²) < 4.78 is 0. The number of ketones is 2. The molecule has 1 heterocycles. The normalized spacial score (nSPS) is 32.3. The number of Topliss-reactive ketones (excluding diaryl/α,β-unsaturated/α-hetero) is 2. The first-order valence-corrected chi connectivity index (χ1v) is 13.7. The van der Waals surface area contributed by atoms with E-state index >= 15 is 0 Å². The van der Waals surface area contributed by atoms with Gasteiger partial charge in [0.2, 0.25) is 11.3 Å². The zero-order valence-corrected chi connectivity index (χ0v) is 23.5. The minimum atomic E-state index is -2.55. The third-order valence-corrected chi connectivity index (χ3v) is 9.83. The van der Waals surface area contributed by atoms with Gasteiger partial charge < -0.3 is 21.1 Å². The van der Waals surface area contributed by atoms with Crippen molar-refractivity contribution in [2.75, 3.05) is 14.1 Å². The molecule has 1 aromatic rings. The molecule has 11 nitrogen and oxygen atoms in total. The molecule has 40 heavy (non-hydrogen) atoms. The molecule has 2 unspecified atom stereocenters. The number of nitroso groups, excluding NO2 is 1. The Balaban J connectivity index is 1.68. The van der Waals surface area contributed by atoms with Gasteiger partial charge in [0.15, 0.2) is 5.78 Å². The van der Waals surface area contributed by atoms with E-state index < -0.39 is 58.0 Å². The summed E-state index contributed by atoms with van der Waals surface area (Å²) in [5.74, 6) is -6.95. The van der Waals surface area contributed by atoms with Crippen LogP contribution in [0.5, 0.6) is 5.75 Å². The lowest BCUT2D eigenvalue weighted by Gasteiger charge is -2.49. The summed E-state index contributed by atoms with van der Waals surface area (Å²) in [4.78, 5) is 55.7. The standard InChI is InChI=1S/C28H33ClN4O7/c1-11-5-6-12(2)33(11)10-14-9-17(34)19-15(21(14)29)7-13-8-16-22(32(3)4)24(36)20(27(30)39)26(38)28(16,31-40)25(37)18(13)23(19)35/h9,11-13,16,22,34-35,38H,5-8,10H2,1-4H3,(H2,30,39)/t11?,12?,13-,16-,22-,28-/m0/s1. The van der Waals surface area contributed by atoms with Crippen molar-refractivity contribution in [1.29, 1.82) is 0 Å². The molecule has 5 rings (SSSR count). The smallest absolute Gasteiger partial charge is 0.255 e. The van der Waals surface area contributed by atoms with Gasteiger partial charge in [-0.25, -0.2) is 0 Å². The molecule has 0 spiro atoms. The van der Waals surface area contributed by atoms with E-state index in [0.29, 0.717) is 34.8 Å². The molecule has 0 radical (unpaired) electrons. The Morgan fingerprint density at radius 3 is 2.38 bits per heavy atom. The van der Waals surface area contributed by atoms with Crippen molar-refractivity contribution >= 4 is 34.8 Å². The Morgan fingerprint density at radius 1 is 1.20 bits per heavy atom. The molecule has 1 saturated heterocycles. The zero-order chi connectivity index (χ0) is 29.4. The van der Waals surface area contributed by atoms with E-state index in [9.17, 15) is 34.6 Å². The van der Waals surface area contributed by atoms with Gasteiger partial charge in [0.1, 0.15) is 22.8 Å². The molecule has 1 aromatic carbocycles. The van der Waals surface area contributed by atoms with Gasteiger partial charge in [-0.1, -0.05) is 11.6 Å². The fraction of sp³-hybridized carbons (Fsp3) is 0.536. The van der Waals surface area contributed by atoms with E-state index in [1.54, 1.807) is 14.1 Å². The van der Waals surface area contributed by atoms with Crippen LogP contribution in [0.1, 0.15) is 49.8 Å². The van der Waals surface area contributed by atoms with Crippen LogP contribution < -0.4 is 5.73 Å². The largest absolute Gasteiger partial charge is 0.508 e. The number of benzene rings is 1. The minimum Gasteiger partial charge on any atom is -0.508 e. The highest BCUT2D eigenvalue weighted by molar-refractivity contribution is 6.32. The summed E-state index contributed by atoms with van der Waals surface area (Å²) in [6.45, 7) is 4.77. The van der Waals surface area contributed by atoms with Crippen LogP contribution >= 0.6 is 11.6 Å². The number of rotatable bonds is 5. The first-order chi connectivity index (χ1) is 18.8. The number of carbonyl (C=O) groups excluding carboxylic acids is 3. The number of phenols is 1. The highest BCUT2D eigenvalue weighted by Crippen LogP contribution is 2.55. The van der Waals surface area contributed by atoms with Crippen molar-refractivity contribution in [1.82, 2.24) is 9.80 Å². The number of nitrogens with zero attached hydrogens (tertiary/aromatic N) is 3. The Bertz CT molecular complexity index is 1410. The van der Waals surface area contributed by atoms with Crippen LogP contribution in [0.2, 0.25) is 5.02 Å². The van der Waals surface area contributed by atoms with Crippen LogP contribution in [0.25, 0.3) is 5.76 Å². The predicted molar refractivity (Wildman–Crippen MR) is 147 cm³/mol. The molecule has 0 aromatic heterocycles. The summed E-state index contributed by atoms with van der Waals surface area (Å²) in [5.41, 5.74) is 2.87. The summed E-state index contributed by atoms with van der Waals surface area (Å²) in [5, 5.41) is 36.9. The van der Waals surface area contributed by atoms with E-state index in [2.05, 4.69) is 23.9 Å². The maximum Gasteiger partial charge on any atom is 0.255 e. The third-order valence-electron chi connectivity index (χ3n) is 9.36. The van der Waals surface area contributed by atoms with Crippen LogP contribution in [0.15, 0.2) is 28.1 Å². The monoisotopic (exact) mass is 572 g/mol. The van der Waals surface area contributed by atoms with Gasteiger partial charge >= 0.3 is 0 Å². The topological polar surface area (TPSA) is 174 Å². The number of aliphatic hydroxyl groups excluding tert-OH is 2. The van der Waals surface area contributed by atoms with E-state index in [0.717, 1.165) is 12.8 Å². The molecular formula is C28H33ClN4O7. The fourth-order valence-corrected chi connectivity index (χ4v) is 7.66. The SMILES string of the molecule is CC1CCC(C)N1Cc1cc(O)c2c(c1Cl)C[C@H]1C[C@H]3[C@H](N(C)C)C(=O)C(C(N)=O)=C(O)[C@@]3(N=O)C(=O)C1=C2O. The molecule has 5 N–H and O–H groups in total. The van der Waals surface area contributed by atoms with Gasteiger partial charge in [0, 0.05) is 35.1 Å². The number of hydrogen-bond donors (Lipinski definition) is 4. The first-order valence-electron chi connectivity index (χ1n) is 13.3. The number of halogens is 1. The highest BCUT2D eigenvalue weighted by Gasteiger charge is 2.66. The van der Waals surface area contributed by atoms with Crippen molar-refractivity contribution < 1.29 is 29.7 Å². The van der Waals surface area contributed by atoms with Gasteiger partial charge in [0.25, 0.3) is 5.91 Å². The Labute approximate surface area is 236 Å². The summed E-state index contributed by atoms with van der Waals surface area (Å²) in [6.07, 6.45) is 2.22. The average Bonchev–Trinajstić information content (AvgIpc) is 3.18. The van der Waals surface area contributed by atoms with Crippen molar-refractivity contribution in [2.24, 2.45) is 22.7 Å². The minimum absolute atomic E-state index is 0.0114. The number of nitrogens with two attached hydrogens (primary N) is 1. The second-order valence-electron chi connectivity index (χ2n) is 11.7. The maximum absolute atomic E-state index is 14.1. The number of likely N-dealkylation sites (N-methyl/N-ethyl adjacent to an activating group) is 1. The van der Waals surface area contributed by atoms with Gasteiger partial charge in [0.05, 0.1) is 11.6 Å². The lowest BCUT2D eigenvalue weighted by Crippen LogP contribution is -2.64. The Morgan fingerprint density at radius 2 is 1.82 bits per heavy atom. The van der Waals surface area contributed by atoms with Crippen LogP contribution in [-0.4, -0.2) is 80.4 Å². The Hall–Kier alpha value is -3.28. The third kappa shape index (κ3) is 3.74. The first kappa shape index (κ1) is 28.3. The van der Waals surface area contributed by atoms with Gasteiger partial charge in [-0.2, -0.15) is 0 Å². The quantitative estimate of drug-likeness (QED) is 0.305. The molecule has 3 aliphatic carbocycles. The van der Waals surface area contributed by atoms with Gasteiger partial charge in [-0.15, -0.1) is 4.91 Å². The average molecular weight is 573 g/mol. The molecule has 12 heteroatoms. The molecule has 214 valence electrons. The number of hydrogen-bond acceptors (Lipinski definition) is 10. The van der Waals surface area contributed by atoms with Gasteiger partial charge in [-0.3, -0.25) is 24.2 Å². The number of carbonyl (C=O) groups is 3. The molecule has 4 aliphatic rings. The van der Waals surface area contributed by atoms with E-state index in [1.807, 2.05) is 0 Å². The van der Waals surface area contributed by atoms with Crippen LogP contribution in [-0.2, 0) is 27.3 Å². The highest BCUT2D eigenvalue weighted by atomic mass is 35.5. The summed E-state index contributed by atoms with van der Waals surface area (Å²) >= 11 is 6.89. The molecule has 1 saturated carbocycles. The second-order valence-corrected chi connectivity index (χ2v) is 12.1. The maximum atomic E-state index is 14.1. The molecule has 2 fully saturated rings. The number of amides is 1. The van der Waals surface area contributed by atoms with Crippen LogP contribution in [0, 0.1) is 16.7 Å². The summed E-state index contributed by atoms with van der Waals surface area (Å²) in [7, 11) is 3.09. The van der Waals surface area contributed by atoms with Crippen LogP contribution in [0.4, 0.5) is 0 Å². The number of phenolic OH excluding ortho intramolecular Hbond substituents is 1. The molecule has 0 bridgehead atoms. The van der Waals surface area contributed by atoms with E-state index in [1.165, 1.54) is 11.0 Å². The number of primary amides is 1. The van der Waals surface area contributed by atoms with Crippen molar-refractivity contribution in [2.45, 2.75) is 69.7 Å². The van der Waals surface area contributed by atoms with Crippen molar-refractivity contribution in [3.05, 3.63) is 49.6 Å². The molecule has 1 aliphatic heterocycles. The van der Waals surface area contributed by atoms with Crippen molar-refractivity contribution in [3.63, 3.8) is 0 Å². The van der Waals surface area contributed by atoms with Crippen LogP contribution in [0.3, 0.4) is 0 Å². The van der Waals surface area contributed by atoms with Gasteiger partial charge in [-0.05, 0) is 81.9 Å². The molecule has 6 atom stereocenters. The van der Waals surface area contributed by atoms with Crippen molar-refractivity contribution in [3.8, 4) is 5.75 Å².